The molecule has 2 aliphatic heterocycles. The number of hydrogen-bond acceptors (Lipinski definition) is 4. The van der Waals surface area contributed by atoms with E-state index in [9.17, 15) is 0 Å². The van der Waals surface area contributed by atoms with Crippen molar-refractivity contribution in [1.29, 1.82) is 0 Å². The molecule has 1 fully saturated rings. The van der Waals surface area contributed by atoms with Crippen LogP contribution in [0.4, 0.5) is 0 Å². The molecular formula is C16H24N2O2. The highest BCUT2D eigenvalue weighted by atomic mass is 16.5. The fourth-order valence-electron chi connectivity index (χ4n) is 3.38. The summed E-state index contributed by atoms with van der Waals surface area (Å²) in [4.78, 5) is 2.57. The Morgan fingerprint density at radius 1 is 1.35 bits per heavy atom. The van der Waals surface area contributed by atoms with E-state index in [0.717, 1.165) is 38.6 Å². The maximum absolute atomic E-state index is 5.86. The summed E-state index contributed by atoms with van der Waals surface area (Å²) >= 11 is 0. The summed E-state index contributed by atoms with van der Waals surface area (Å²) in [7, 11) is 1.98. The van der Waals surface area contributed by atoms with Gasteiger partial charge in [0.2, 0.25) is 0 Å². The number of para-hydroxylation sites is 1. The maximum atomic E-state index is 5.86. The molecular weight excluding hydrogens is 252 g/mol. The molecule has 2 aliphatic rings. The lowest BCUT2D eigenvalue weighted by Crippen LogP contribution is -2.50. The van der Waals surface area contributed by atoms with Gasteiger partial charge in [0.25, 0.3) is 0 Å². The van der Waals surface area contributed by atoms with Crippen molar-refractivity contribution in [2.75, 3.05) is 39.9 Å². The maximum Gasteiger partial charge on any atom is 0.124 e. The van der Waals surface area contributed by atoms with E-state index in [1.54, 1.807) is 0 Å². The van der Waals surface area contributed by atoms with Crippen LogP contribution in [-0.4, -0.2) is 50.9 Å². The number of likely N-dealkylation sites (N-methyl/N-ethyl adjacent to an activating group) is 1. The molecule has 4 nitrogen and oxygen atoms in total. The molecule has 0 aromatic heterocycles. The second-order valence-electron chi connectivity index (χ2n) is 5.82. The number of nitrogens with zero attached hydrogens (tertiary/aromatic N) is 1. The predicted octanol–water partition coefficient (Wildman–Crippen LogP) is 1.68. The summed E-state index contributed by atoms with van der Waals surface area (Å²) in [6.45, 7) is 6.81. The van der Waals surface area contributed by atoms with Crippen molar-refractivity contribution in [1.82, 2.24) is 10.2 Å². The van der Waals surface area contributed by atoms with Gasteiger partial charge in [0.05, 0.1) is 19.3 Å². The second-order valence-corrected chi connectivity index (χ2v) is 5.82. The third-order valence-electron chi connectivity index (χ3n) is 4.27. The van der Waals surface area contributed by atoms with Crippen LogP contribution in [0.5, 0.6) is 5.75 Å². The molecule has 0 radical (unpaired) electrons. The van der Waals surface area contributed by atoms with Crippen molar-refractivity contribution in [3.05, 3.63) is 29.8 Å². The van der Waals surface area contributed by atoms with Gasteiger partial charge in [0, 0.05) is 37.2 Å². The molecule has 110 valence electrons. The first-order chi connectivity index (χ1) is 9.79. The van der Waals surface area contributed by atoms with Gasteiger partial charge in [-0.25, -0.2) is 0 Å². The molecule has 0 amide bonds. The van der Waals surface area contributed by atoms with Gasteiger partial charge in [0.15, 0.2) is 0 Å². The number of benzene rings is 1. The van der Waals surface area contributed by atoms with Gasteiger partial charge in [-0.05, 0) is 13.1 Å². The number of fused-ring (bicyclic) bond motifs is 1. The lowest BCUT2D eigenvalue weighted by Gasteiger charge is -2.43. The lowest BCUT2D eigenvalue weighted by atomic mass is 9.90. The lowest BCUT2D eigenvalue weighted by molar-refractivity contribution is -0.0563. The van der Waals surface area contributed by atoms with E-state index in [4.69, 9.17) is 9.47 Å². The van der Waals surface area contributed by atoms with E-state index < -0.39 is 0 Å². The van der Waals surface area contributed by atoms with Crippen LogP contribution in [-0.2, 0) is 4.74 Å². The van der Waals surface area contributed by atoms with Crippen LogP contribution in [0.1, 0.15) is 18.5 Å². The number of morpholine rings is 1. The fourth-order valence-corrected chi connectivity index (χ4v) is 3.38. The minimum absolute atomic E-state index is 0.288. The first kappa shape index (κ1) is 13.9. The van der Waals surface area contributed by atoms with Gasteiger partial charge in [-0.3, -0.25) is 4.90 Å². The first-order valence-electron chi connectivity index (χ1n) is 7.51. The van der Waals surface area contributed by atoms with Gasteiger partial charge < -0.3 is 14.8 Å². The van der Waals surface area contributed by atoms with Gasteiger partial charge in [-0.2, -0.15) is 0 Å². The van der Waals surface area contributed by atoms with Crippen molar-refractivity contribution in [3.8, 4) is 5.75 Å². The smallest absolute Gasteiger partial charge is 0.124 e. The van der Waals surface area contributed by atoms with E-state index in [2.05, 4.69) is 41.4 Å². The third-order valence-corrected chi connectivity index (χ3v) is 4.27. The van der Waals surface area contributed by atoms with Crippen LogP contribution in [0.15, 0.2) is 24.3 Å². The zero-order chi connectivity index (χ0) is 13.9. The number of ether oxygens (including phenoxy) is 2. The van der Waals surface area contributed by atoms with E-state index in [0.29, 0.717) is 12.0 Å². The molecule has 3 rings (SSSR count). The van der Waals surface area contributed by atoms with Gasteiger partial charge in [-0.1, -0.05) is 25.1 Å². The Labute approximate surface area is 121 Å². The van der Waals surface area contributed by atoms with Crippen LogP contribution in [0.2, 0.25) is 0 Å². The zero-order valence-corrected chi connectivity index (χ0v) is 12.3. The summed E-state index contributed by atoms with van der Waals surface area (Å²) in [6.07, 6.45) is 0.288. The van der Waals surface area contributed by atoms with Gasteiger partial charge >= 0.3 is 0 Å². The monoisotopic (exact) mass is 276 g/mol. The van der Waals surface area contributed by atoms with E-state index >= 15 is 0 Å². The average molecular weight is 276 g/mol. The molecule has 0 aliphatic carbocycles. The summed E-state index contributed by atoms with van der Waals surface area (Å²) in [5, 5.41) is 3.21. The Hall–Kier alpha value is -1.10. The molecule has 1 aromatic rings. The summed E-state index contributed by atoms with van der Waals surface area (Å²) < 4.78 is 11.7. The largest absolute Gasteiger partial charge is 0.493 e. The predicted molar refractivity (Wildman–Crippen MR) is 79.1 cm³/mol. The Bertz CT molecular complexity index is 450. The van der Waals surface area contributed by atoms with Gasteiger partial charge in [-0.15, -0.1) is 0 Å². The third kappa shape index (κ3) is 2.68. The summed E-state index contributed by atoms with van der Waals surface area (Å²) in [5.41, 5.74) is 1.33. The zero-order valence-electron chi connectivity index (χ0n) is 12.3. The molecule has 1 N–H and O–H groups in total. The Kier molecular flexibility index (Phi) is 4.24. The number of nitrogens with one attached hydrogen (secondary N) is 1. The molecule has 0 bridgehead atoms. The Morgan fingerprint density at radius 2 is 2.20 bits per heavy atom. The SMILES string of the molecule is CNCC1CN(C2c3ccccc3OCC2C)CCO1. The minimum atomic E-state index is 0.288. The standard InChI is InChI=1S/C16H24N2O2/c1-12-11-20-15-6-4-3-5-14(15)16(12)18-7-8-19-13(10-18)9-17-2/h3-6,12-13,16-17H,7-11H2,1-2H3. The quantitative estimate of drug-likeness (QED) is 0.910. The number of hydrogen-bond donors (Lipinski definition) is 1. The minimum Gasteiger partial charge on any atom is -0.493 e. The highest BCUT2D eigenvalue weighted by Gasteiger charge is 2.35. The van der Waals surface area contributed by atoms with Crippen molar-refractivity contribution < 1.29 is 9.47 Å². The van der Waals surface area contributed by atoms with E-state index in [1.165, 1.54) is 5.56 Å². The van der Waals surface area contributed by atoms with Crippen molar-refractivity contribution in [3.63, 3.8) is 0 Å². The van der Waals surface area contributed by atoms with E-state index in [1.807, 2.05) is 7.05 Å². The topological polar surface area (TPSA) is 33.7 Å². The highest BCUT2D eigenvalue weighted by Crippen LogP contribution is 2.39. The van der Waals surface area contributed by atoms with Crippen molar-refractivity contribution in [2.45, 2.75) is 19.1 Å². The van der Waals surface area contributed by atoms with Crippen LogP contribution >= 0.6 is 0 Å². The molecule has 0 saturated carbocycles. The molecule has 3 unspecified atom stereocenters. The number of rotatable bonds is 3. The van der Waals surface area contributed by atoms with Crippen LogP contribution in [0.25, 0.3) is 0 Å². The molecule has 1 saturated heterocycles. The average Bonchev–Trinajstić information content (AvgIpc) is 2.48. The van der Waals surface area contributed by atoms with E-state index in [-0.39, 0.29) is 6.10 Å². The van der Waals surface area contributed by atoms with Gasteiger partial charge in [0.1, 0.15) is 5.75 Å². The molecule has 0 spiro atoms. The molecule has 20 heavy (non-hydrogen) atoms. The fraction of sp³-hybridized carbons (Fsp3) is 0.625. The molecule has 2 heterocycles. The molecule has 1 aromatic carbocycles. The van der Waals surface area contributed by atoms with Crippen LogP contribution < -0.4 is 10.1 Å². The van der Waals surface area contributed by atoms with Crippen LogP contribution in [0.3, 0.4) is 0 Å². The Morgan fingerprint density at radius 3 is 3.05 bits per heavy atom. The normalized spacial score (nSPS) is 30.6. The summed E-state index contributed by atoms with van der Waals surface area (Å²) in [5.74, 6) is 1.56. The van der Waals surface area contributed by atoms with Crippen LogP contribution in [0, 0.1) is 5.92 Å². The first-order valence-corrected chi connectivity index (χ1v) is 7.51. The Balaban J connectivity index is 1.81. The van der Waals surface area contributed by atoms with Crippen molar-refractivity contribution in [2.24, 2.45) is 5.92 Å². The van der Waals surface area contributed by atoms with Crippen molar-refractivity contribution >= 4 is 0 Å². The molecule has 3 atom stereocenters. The highest BCUT2D eigenvalue weighted by molar-refractivity contribution is 5.38. The second kappa shape index (κ2) is 6.12. The summed E-state index contributed by atoms with van der Waals surface area (Å²) in [6, 6.07) is 8.90. The molecule has 4 heteroatoms.